The Labute approximate surface area is 111 Å². The van der Waals surface area contributed by atoms with Crippen molar-refractivity contribution < 1.29 is 8.78 Å². The van der Waals surface area contributed by atoms with Gasteiger partial charge >= 0.3 is 0 Å². The molecule has 1 aliphatic rings. The number of nitrogens with two attached hydrogens (primary N) is 1. The molecular formula is C16H15F2N. The van der Waals surface area contributed by atoms with E-state index in [1.165, 1.54) is 24.8 Å². The van der Waals surface area contributed by atoms with E-state index < -0.39 is 11.6 Å². The van der Waals surface area contributed by atoms with Gasteiger partial charge in [-0.3, -0.25) is 0 Å². The molecule has 19 heavy (non-hydrogen) atoms. The highest BCUT2D eigenvalue weighted by atomic mass is 19.1. The van der Waals surface area contributed by atoms with Crippen molar-refractivity contribution in [3.05, 3.63) is 53.6 Å². The topological polar surface area (TPSA) is 26.0 Å². The molecule has 2 N–H and O–H groups in total. The smallest absolute Gasteiger partial charge is 0.146 e. The van der Waals surface area contributed by atoms with Gasteiger partial charge in [0.1, 0.15) is 11.6 Å². The van der Waals surface area contributed by atoms with Crippen LogP contribution in [0.25, 0.3) is 11.1 Å². The van der Waals surface area contributed by atoms with Crippen LogP contribution in [0, 0.1) is 11.6 Å². The van der Waals surface area contributed by atoms with Gasteiger partial charge in [-0.2, -0.15) is 0 Å². The van der Waals surface area contributed by atoms with Crippen LogP contribution < -0.4 is 5.73 Å². The Balaban J connectivity index is 1.95. The quantitative estimate of drug-likeness (QED) is 0.790. The number of benzene rings is 2. The molecule has 1 nitrogen and oxygen atoms in total. The molecule has 0 unspecified atom stereocenters. The minimum Gasteiger partial charge on any atom is -0.396 e. The van der Waals surface area contributed by atoms with Gasteiger partial charge in [-0.15, -0.1) is 0 Å². The largest absolute Gasteiger partial charge is 0.396 e. The first kappa shape index (κ1) is 12.2. The zero-order chi connectivity index (χ0) is 13.4. The van der Waals surface area contributed by atoms with Gasteiger partial charge in [0.2, 0.25) is 0 Å². The number of rotatable bonds is 2. The summed E-state index contributed by atoms with van der Waals surface area (Å²) in [5, 5.41) is 0. The minimum absolute atomic E-state index is 0.160. The maximum Gasteiger partial charge on any atom is 0.146 e. The molecule has 1 fully saturated rings. The van der Waals surface area contributed by atoms with Crippen molar-refractivity contribution in [3.8, 4) is 11.1 Å². The molecule has 0 amide bonds. The summed E-state index contributed by atoms with van der Waals surface area (Å²) in [4.78, 5) is 0. The summed E-state index contributed by atoms with van der Waals surface area (Å²) >= 11 is 0. The van der Waals surface area contributed by atoms with E-state index in [2.05, 4.69) is 0 Å². The van der Waals surface area contributed by atoms with Crippen molar-refractivity contribution in [2.24, 2.45) is 0 Å². The first-order valence-corrected chi connectivity index (χ1v) is 6.50. The Morgan fingerprint density at radius 1 is 0.947 bits per heavy atom. The molecule has 0 aromatic heterocycles. The van der Waals surface area contributed by atoms with E-state index in [0.717, 1.165) is 12.1 Å². The number of hydrogen-bond acceptors (Lipinski definition) is 1. The third kappa shape index (κ3) is 2.21. The predicted octanol–water partition coefficient (Wildman–Crippen LogP) is 4.48. The second-order valence-electron chi connectivity index (χ2n) is 5.10. The minimum atomic E-state index is -0.584. The van der Waals surface area contributed by atoms with E-state index in [1.54, 1.807) is 0 Å². The van der Waals surface area contributed by atoms with Crippen LogP contribution in [0.15, 0.2) is 36.4 Å². The molecule has 0 radical (unpaired) electrons. The van der Waals surface area contributed by atoms with Gasteiger partial charge in [-0.05, 0) is 36.0 Å². The molecular weight excluding hydrogens is 244 g/mol. The summed E-state index contributed by atoms with van der Waals surface area (Å²) in [6.45, 7) is 0. The number of nitrogen functional groups attached to an aromatic ring is 1. The molecule has 0 heterocycles. The van der Waals surface area contributed by atoms with E-state index in [0.29, 0.717) is 11.5 Å². The third-order valence-corrected chi connectivity index (χ3v) is 3.88. The van der Waals surface area contributed by atoms with Crippen molar-refractivity contribution in [1.82, 2.24) is 0 Å². The molecule has 1 aliphatic carbocycles. The zero-order valence-electron chi connectivity index (χ0n) is 10.5. The summed E-state index contributed by atoms with van der Waals surface area (Å²) in [7, 11) is 0. The fraction of sp³-hybridized carbons (Fsp3) is 0.250. The molecule has 0 saturated heterocycles. The molecule has 3 rings (SSSR count). The van der Waals surface area contributed by atoms with Gasteiger partial charge in [-0.1, -0.05) is 30.7 Å². The van der Waals surface area contributed by atoms with Crippen molar-refractivity contribution in [2.75, 3.05) is 5.73 Å². The lowest BCUT2D eigenvalue weighted by molar-refractivity contribution is 0.420. The van der Waals surface area contributed by atoms with Gasteiger partial charge in [0.05, 0.1) is 5.69 Å². The van der Waals surface area contributed by atoms with Crippen LogP contribution >= 0.6 is 0 Å². The first-order chi connectivity index (χ1) is 9.15. The third-order valence-electron chi connectivity index (χ3n) is 3.88. The van der Waals surface area contributed by atoms with Crippen molar-refractivity contribution in [2.45, 2.75) is 25.2 Å². The normalized spacial score (nSPS) is 15.3. The molecule has 0 aliphatic heterocycles. The van der Waals surface area contributed by atoms with Crippen LogP contribution in [-0.2, 0) is 0 Å². The number of hydrogen-bond donors (Lipinski definition) is 1. The molecule has 2 aromatic carbocycles. The van der Waals surface area contributed by atoms with Crippen LogP contribution in [0.2, 0.25) is 0 Å². The molecule has 0 spiro atoms. The molecule has 1 saturated carbocycles. The SMILES string of the molecule is Nc1cc(F)c(-c2ccc(C3CCC3)cc2)cc1F. The maximum absolute atomic E-state index is 13.8. The highest BCUT2D eigenvalue weighted by molar-refractivity contribution is 5.67. The van der Waals surface area contributed by atoms with E-state index in [9.17, 15) is 8.78 Å². The lowest BCUT2D eigenvalue weighted by atomic mass is 9.80. The maximum atomic E-state index is 13.8. The van der Waals surface area contributed by atoms with Crippen LogP contribution in [0.1, 0.15) is 30.7 Å². The van der Waals surface area contributed by atoms with Crippen molar-refractivity contribution in [3.63, 3.8) is 0 Å². The predicted molar refractivity (Wildman–Crippen MR) is 72.8 cm³/mol. The summed E-state index contributed by atoms with van der Waals surface area (Å²) in [6.07, 6.45) is 3.73. The van der Waals surface area contributed by atoms with Crippen molar-refractivity contribution in [1.29, 1.82) is 0 Å². The average molecular weight is 259 g/mol. The fourth-order valence-corrected chi connectivity index (χ4v) is 2.46. The number of halogens is 2. The molecule has 2 aromatic rings. The summed E-state index contributed by atoms with van der Waals surface area (Å²) in [5.41, 5.74) is 7.40. The van der Waals surface area contributed by atoms with Gasteiger partial charge in [0.15, 0.2) is 0 Å². The van der Waals surface area contributed by atoms with Gasteiger partial charge in [0.25, 0.3) is 0 Å². The summed E-state index contributed by atoms with van der Waals surface area (Å²) < 4.78 is 27.2. The van der Waals surface area contributed by atoms with Gasteiger partial charge < -0.3 is 5.73 Å². The zero-order valence-corrected chi connectivity index (χ0v) is 10.5. The molecule has 3 heteroatoms. The molecule has 98 valence electrons. The van der Waals surface area contributed by atoms with E-state index in [4.69, 9.17) is 5.73 Å². The standard InChI is InChI=1S/C16H15F2N/c17-14-9-16(19)15(18)8-13(14)12-6-4-11(5-7-12)10-2-1-3-10/h4-10H,1-3,19H2. The second-order valence-corrected chi connectivity index (χ2v) is 5.10. The fourth-order valence-electron chi connectivity index (χ4n) is 2.46. The first-order valence-electron chi connectivity index (χ1n) is 6.50. The molecule has 0 bridgehead atoms. The van der Waals surface area contributed by atoms with Crippen LogP contribution in [0.5, 0.6) is 0 Å². The highest BCUT2D eigenvalue weighted by Gasteiger charge is 2.19. The summed E-state index contributed by atoms with van der Waals surface area (Å²) in [5.74, 6) is -0.434. The van der Waals surface area contributed by atoms with Crippen LogP contribution in [0.3, 0.4) is 0 Å². The van der Waals surface area contributed by atoms with E-state index in [-0.39, 0.29) is 11.3 Å². The Kier molecular flexibility index (Phi) is 2.97. The van der Waals surface area contributed by atoms with E-state index >= 15 is 0 Å². The monoisotopic (exact) mass is 259 g/mol. The highest BCUT2D eigenvalue weighted by Crippen LogP contribution is 2.37. The van der Waals surface area contributed by atoms with Crippen LogP contribution in [0.4, 0.5) is 14.5 Å². The van der Waals surface area contributed by atoms with Gasteiger partial charge in [-0.25, -0.2) is 8.78 Å². The Morgan fingerprint density at radius 3 is 2.21 bits per heavy atom. The number of anilines is 1. The lowest BCUT2D eigenvalue weighted by Crippen LogP contribution is -2.08. The Hall–Kier alpha value is -1.90. The van der Waals surface area contributed by atoms with Crippen LogP contribution in [-0.4, -0.2) is 0 Å². The average Bonchev–Trinajstić information content (AvgIpc) is 2.33. The van der Waals surface area contributed by atoms with E-state index in [1.807, 2.05) is 24.3 Å². The van der Waals surface area contributed by atoms with Crippen molar-refractivity contribution >= 4 is 5.69 Å². The lowest BCUT2D eigenvalue weighted by Gasteiger charge is -2.25. The Morgan fingerprint density at radius 2 is 1.63 bits per heavy atom. The second kappa shape index (κ2) is 4.65. The van der Waals surface area contributed by atoms with Gasteiger partial charge in [0, 0.05) is 11.6 Å². The summed E-state index contributed by atoms with van der Waals surface area (Å²) in [6, 6.07) is 9.90. The Bertz CT molecular complexity index is 601. The molecule has 0 atom stereocenters.